The van der Waals surface area contributed by atoms with Crippen LogP contribution in [0.15, 0.2) is 48.5 Å². The Kier molecular flexibility index (Phi) is 8.37. The Bertz CT molecular complexity index is 849. The number of nitro groups is 1. The molecule has 1 amide bonds. The van der Waals surface area contributed by atoms with Gasteiger partial charge in [0.1, 0.15) is 5.75 Å². The van der Waals surface area contributed by atoms with E-state index in [1.165, 1.54) is 12.1 Å². The van der Waals surface area contributed by atoms with Crippen LogP contribution in [0.1, 0.15) is 17.5 Å². The quantitative estimate of drug-likeness (QED) is 0.428. The summed E-state index contributed by atoms with van der Waals surface area (Å²) in [4.78, 5) is 27.8. The van der Waals surface area contributed by atoms with Gasteiger partial charge in [-0.05, 0) is 29.7 Å². The van der Waals surface area contributed by atoms with E-state index in [2.05, 4.69) is 4.90 Å². The first-order chi connectivity index (χ1) is 15.0. The lowest BCUT2D eigenvalue weighted by atomic mass is 10.1. The van der Waals surface area contributed by atoms with Crippen LogP contribution in [-0.4, -0.2) is 67.1 Å². The molecule has 0 atom stereocenters. The van der Waals surface area contributed by atoms with E-state index in [0.717, 1.165) is 56.1 Å². The molecule has 8 nitrogen and oxygen atoms in total. The molecule has 1 aliphatic rings. The van der Waals surface area contributed by atoms with Crippen molar-refractivity contribution in [2.45, 2.75) is 19.4 Å². The van der Waals surface area contributed by atoms with Crippen LogP contribution in [0.4, 0.5) is 5.69 Å². The fourth-order valence-corrected chi connectivity index (χ4v) is 3.58. The summed E-state index contributed by atoms with van der Waals surface area (Å²) in [5.41, 5.74) is 1.85. The van der Waals surface area contributed by atoms with Gasteiger partial charge in [0.2, 0.25) is 5.91 Å². The van der Waals surface area contributed by atoms with Gasteiger partial charge in [0.05, 0.1) is 31.7 Å². The Labute approximate surface area is 182 Å². The molecule has 0 aromatic heterocycles. The molecule has 0 saturated carbocycles. The molecule has 3 rings (SSSR count). The topological polar surface area (TPSA) is 85.2 Å². The molecule has 31 heavy (non-hydrogen) atoms. The van der Waals surface area contributed by atoms with Crippen LogP contribution in [0.3, 0.4) is 0 Å². The van der Waals surface area contributed by atoms with Crippen LogP contribution in [0.5, 0.6) is 5.75 Å². The number of morpholine rings is 1. The number of hydrogen-bond donors (Lipinski definition) is 0. The number of carbonyl (C=O) groups is 1. The lowest BCUT2D eigenvalue weighted by Gasteiger charge is -2.28. The van der Waals surface area contributed by atoms with Crippen LogP contribution >= 0.6 is 0 Å². The minimum Gasteiger partial charge on any atom is -0.497 e. The SMILES string of the molecule is COc1ccc(CC(=O)N(CCCN2CCOCC2)Cc2ccc([N+](=O)[O-])cc2)cc1. The molecular formula is C23H29N3O5. The summed E-state index contributed by atoms with van der Waals surface area (Å²) in [6.07, 6.45) is 1.16. The summed E-state index contributed by atoms with van der Waals surface area (Å²) in [6.45, 7) is 5.31. The molecule has 0 radical (unpaired) electrons. The van der Waals surface area contributed by atoms with Crippen molar-refractivity contribution in [3.8, 4) is 5.75 Å². The predicted molar refractivity (Wildman–Crippen MR) is 117 cm³/mol. The van der Waals surface area contributed by atoms with Crippen LogP contribution in [0.25, 0.3) is 0 Å². The fourth-order valence-electron chi connectivity index (χ4n) is 3.58. The number of rotatable bonds is 10. The lowest BCUT2D eigenvalue weighted by Crippen LogP contribution is -2.39. The van der Waals surface area contributed by atoms with Crippen molar-refractivity contribution < 1.29 is 19.2 Å². The number of nitrogens with zero attached hydrogens (tertiary/aromatic N) is 3. The van der Waals surface area contributed by atoms with Gasteiger partial charge in [-0.25, -0.2) is 0 Å². The van der Waals surface area contributed by atoms with Gasteiger partial charge >= 0.3 is 0 Å². The average molecular weight is 428 g/mol. The summed E-state index contributed by atoms with van der Waals surface area (Å²) >= 11 is 0. The Balaban J connectivity index is 1.64. The lowest BCUT2D eigenvalue weighted by molar-refractivity contribution is -0.384. The highest BCUT2D eigenvalue weighted by molar-refractivity contribution is 5.78. The molecule has 2 aromatic carbocycles. The van der Waals surface area contributed by atoms with Crippen molar-refractivity contribution in [1.29, 1.82) is 0 Å². The first-order valence-electron chi connectivity index (χ1n) is 10.5. The van der Waals surface area contributed by atoms with Gasteiger partial charge in [-0.15, -0.1) is 0 Å². The van der Waals surface area contributed by atoms with E-state index < -0.39 is 4.92 Å². The Morgan fingerprint density at radius 2 is 1.74 bits per heavy atom. The minimum atomic E-state index is -0.418. The van der Waals surface area contributed by atoms with Crippen LogP contribution in [0.2, 0.25) is 0 Å². The fraction of sp³-hybridized carbons (Fsp3) is 0.435. The smallest absolute Gasteiger partial charge is 0.269 e. The molecule has 0 N–H and O–H groups in total. The maximum Gasteiger partial charge on any atom is 0.269 e. The number of amides is 1. The van der Waals surface area contributed by atoms with Crippen molar-refractivity contribution in [3.63, 3.8) is 0 Å². The zero-order valence-electron chi connectivity index (χ0n) is 17.9. The van der Waals surface area contributed by atoms with E-state index in [9.17, 15) is 14.9 Å². The van der Waals surface area contributed by atoms with Gasteiger partial charge < -0.3 is 14.4 Å². The van der Waals surface area contributed by atoms with E-state index >= 15 is 0 Å². The molecule has 1 saturated heterocycles. The van der Waals surface area contributed by atoms with Gasteiger partial charge in [0, 0.05) is 44.9 Å². The number of hydrogen-bond acceptors (Lipinski definition) is 6. The van der Waals surface area contributed by atoms with Gasteiger partial charge in [0.25, 0.3) is 5.69 Å². The maximum atomic E-state index is 13.1. The molecule has 0 aliphatic carbocycles. The third kappa shape index (κ3) is 7.04. The summed E-state index contributed by atoms with van der Waals surface area (Å²) in [5.74, 6) is 0.787. The van der Waals surface area contributed by atoms with Crippen molar-refractivity contribution in [2.75, 3.05) is 46.5 Å². The van der Waals surface area contributed by atoms with E-state index in [-0.39, 0.29) is 11.6 Å². The van der Waals surface area contributed by atoms with Gasteiger partial charge in [-0.2, -0.15) is 0 Å². The molecule has 8 heteroatoms. The first-order valence-corrected chi connectivity index (χ1v) is 10.5. The second-order valence-electron chi connectivity index (χ2n) is 7.57. The standard InChI is InChI=1S/C23H29N3O5/c1-30-22-9-5-19(6-10-22)17-23(27)25(12-2-11-24-13-15-31-16-14-24)18-20-3-7-21(8-4-20)26(28)29/h3-10H,2,11-18H2,1H3. The maximum absolute atomic E-state index is 13.1. The van der Waals surface area contributed by atoms with Crippen molar-refractivity contribution in [1.82, 2.24) is 9.80 Å². The van der Waals surface area contributed by atoms with E-state index in [1.54, 1.807) is 19.2 Å². The highest BCUT2D eigenvalue weighted by Gasteiger charge is 2.17. The number of nitro benzene ring substituents is 1. The minimum absolute atomic E-state index is 0.0329. The van der Waals surface area contributed by atoms with E-state index in [4.69, 9.17) is 9.47 Å². The Morgan fingerprint density at radius 3 is 2.35 bits per heavy atom. The number of benzene rings is 2. The molecule has 1 aliphatic heterocycles. The van der Waals surface area contributed by atoms with Crippen LogP contribution in [-0.2, 0) is 22.5 Å². The number of ether oxygens (including phenoxy) is 2. The molecule has 2 aromatic rings. The Morgan fingerprint density at radius 1 is 1.10 bits per heavy atom. The third-order valence-corrected chi connectivity index (χ3v) is 5.39. The van der Waals surface area contributed by atoms with Gasteiger partial charge in [0.15, 0.2) is 0 Å². The second-order valence-corrected chi connectivity index (χ2v) is 7.57. The predicted octanol–water partition coefficient (Wildman–Crippen LogP) is 2.90. The largest absolute Gasteiger partial charge is 0.497 e. The molecule has 0 unspecified atom stereocenters. The van der Waals surface area contributed by atoms with Crippen molar-refractivity contribution in [3.05, 3.63) is 69.8 Å². The molecule has 0 spiro atoms. The summed E-state index contributed by atoms with van der Waals surface area (Å²) < 4.78 is 10.6. The monoisotopic (exact) mass is 427 g/mol. The summed E-state index contributed by atoms with van der Waals surface area (Å²) in [7, 11) is 1.61. The average Bonchev–Trinajstić information content (AvgIpc) is 2.80. The van der Waals surface area contributed by atoms with E-state index in [0.29, 0.717) is 19.5 Å². The summed E-state index contributed by atoms with van der Waals surface area (Å²) in [6, 6.07) is 13.9. The number of non-ortho nitro benzene ring substituents is 1. The molecule has 1 fully saturated rings. The van der Waals surface area contributed by atoms with Gasteiger partial charge in [-0.3, -0.25) is 19.8 Å². The van der Waals surface area contributed by atoms with E-state index in [1.807, 2.05) is 29.2 Å². The van der Waals surface area contributed by atoms with Gasteiger partial charge in [-0.1, -0.05) is 24.3 Å². The van der Waals surface area contributed by atoms with Crippen molar-refractivity contribution >= 4 is 11.6 Å². The molecular weight excluding hydrogens is 398 g/mol. The Hall–Kier alpha value is -2.97. The number of carbonyl (C=O) groups excluding carboxylic acids is 1. The highest BCUT2D eigenvalue weighted by atomic mass is 16.6. The molecule has 1 heterocycles. The highest BCUT2D eigenvalue weighted by Crippen LogP contribution is 2.16. The van der Waals surface area contributed by atoms with Crippen LogP contribution < -0.4 is 4.74 Å². The molecule has 0 bridgehead atoms. The first kappa shape index (κ1) is 22.7. The van der Waals surface area contributed by atoms with Crippen LogP contribution in [0, 0.1) is 10.1 Å². The third-order valence-electron chi connectivity index (χ3n) is 5.39. The number of methoxy groups -OCH3 is 1. The molecule has 166 valence electrons. The summed E-state index contributed by atoms with van der Waals surface area (Å²) in [5, 5.41) is 10.9. The zero-order chi connectivity index (χ0) is 22.1. The zero-order valence-corrected chi connectivity index (χ0v) is 17.9. The normalized spacial score (nSPS) is 14.2. The van der Waals surface area contributed by atoms with Crippen molar-refractivity contribution in [2.24, 2.45) is 0 Å². The second kappa shape index (κ2) is 11.4.